The minimum Gasteiger partial charge on any atom is -0.496 e. The Morgan fingerprint density at radius 2 is 1.21 bits per heavy atom. The number of carbonyl (C=O) groups excluding carboxylic acids is 1. The van der Waals surface area contributed by atoms with E-state index >= 15 is 0 Å². The van der Waals surface area contributed by atoms with Crippen molar-refractivity contribution < 1.29 is 33.2 Å². The van der Waals surface area contributed by atoms with Crippen LogP contribution in [0, 0.1) is 6.92 Å². The largest absolute Gasteiger partial charge is 0.496 e. The SMILES string of the molecule is COC(=O)c1c(OC)cc2c(OC)c3c(OC)ccc(OC)c3c(OC)c2c1C. The van der Waals surface area contributed by atoms with Crippen LogP contribution < -0.4 is 23.7 Å². The maximum absolute atomic E-state index is 12.5. The van der Waals surface area contributed by atoms with Crippen molar-refractivity contribution in [2.75, 3.05) is 42.7 Å². The first-order valence-corrected chi connectivity index (χ1v) is 8.87. The van der Waals surface area contributed by atoms with E-state index in [1.807, 2.05) is 13.0 Å². The Labute approximate surface area is 169 Å². The van der Waals surface area contributed by atoms with Crippen molar-refractivity contribution in [3.63, 3.8) is 0 Å². The second kappa shape index (κ2) is 7.95. The fourth-order valence-corrected chi connectivity index (χ4v) is 3.81. The molecule has 7 nitrogen and oxygen atoms in total. The van der Waals surface area contributed by atoms with E-state index in [-0.39, 0.29) is 0 Å². The molecule has 0 aromatic heterocycles. The predicted octanol–water partition coefficient (Wildman–Crippen LogP) is 4.13. The first-order chi connectivity index (χ1) is 14.0. The highest BCUT2D eigenvalue weighted by Crippen LogP contribution is 2.52. The molecule has 29 heavy (non-hydrogen) atoms. The maximum atomic E-state index is 12.5. The molecule has 0 saturated heterocycles. The van der Waals surface area contributed by atoms with Gasteiger partial charge in [-0.3, -0.25) is 0 Å². The molecular formula is C22H24O7. The van der Waals surface area contributed by atoms with Gasteiger partial charge in [0.1, 0.15) is 34.3 Å². The Balaban J connectivity index is 2.71. The standard InChI is InChI=1S/C22H24O7/c1-11-16-12(10-15(26-4)17(11)22(23)29-7)20(27-5)18-13(24-2)8-9-14(25-3)19(18)21(16)28-6/h8-10H,1-7H3. The number of rotatable bonds is 6. The van der Waals surface area contributed by atoms with Crippen LogP contribution in [0.4, 0.5) is 0 Å². The van der Waals surface area contributed by atoms with E-state index in [0.717, 1.165) is 0 Å². The van der Waals surface area contributed by atoms with Gasteiger partial charge < -0.3 is 28.4 Å². The van der Waals surface area contributed by atoms with Crippen molar-refractivity contribution in [3.05, 3.63) is 29.3 Å². The predicted molar refractivity (Wildman–Crippen MR) is 110 cm³/mol. The molecule has 0 radical (unpaired) electrons. The first-order valence-electron chi connectivity index (χ1n) is 8.87. The van der Waals surface area contributed by atoms with Gasteiger partial charge in [-0.25, -0.2) is 4.79 Å². The van der Waals surface area contributed by atoms with Crippen LogP contribution >= 0.6 is 0 Å². The number of hydrogen-bond donors (Lipinski definition) is 0. The lowest BCUT2D eigenvalue weighted by Crippen LogP contribution is -2.08. The molecule has 0 saturated carbocycles. The Hall–Kier alpha value is -3.35. The summed E-state index contributed by atoms with van der Waals surface area (Å²) in [7, 11) is 9.15. The number of methoxy groups -OCH3 is 6. The van der Waals surface area contributed by atoms with Crippen LogP contribution in [0.5, 0.6) is 28.7 Å². The van der Waals surface area contributed by atoms with Crippen molar-refractivity contribution in [2.45, 2.75) is 6.92 Å². The average molecular weight is 400 g/mol. The van der Waals surface area contributed by atoms with Crippen molar-refractivity contribution >= 4 is 27.5 Å². The fourth-order valence-electron chi connectivity index (χ4n) is 3.81. The highest BCUT2D eigenvalue weighted by atomic mass is 16.5. The molecule has 0 bridgehead atoms. The summed E-state index contributed by atoms with van der Waals surface area (Å²) in [6, 6.07) is 5.35. The zero-order chi connectivity index (χ0) is 21.3. The summed E-state index contributed by atoms with van der Waals surface area (Å²) in [6.45, 7) is 1.82. The number of fused-ring (bicyclic) bond motifs is 2. The molecule has 0 fully saturated rings. The van der Waals surface area contributed by atoms with E-state index < -0.39 is 5.97 Å². The molecule has 0 amide bonds. The fraction of sp³-hybridized carbons (Fsp3) is 0.318. The summed E-state index contributed by atoms with van der Waals surface area (Å²) in [4.78, 5) is 12.5. The van der Waals surface area contributed by atoms with Gasteiger partial charge in [-0.2, -0.15) is 0 Å². The number of esters is 1. The molecule has 0 N–H and O–H groups in total. The second-order valence-corrected chi connectivity index (χ2v) is 6.28. The van der Waals surface area contributed by atoms with Gasteiger partial charge in [0.2, 0.25) is 0 Å². The highest BCUT2D eigenvalue weighted by Gasteiger charge is 2.27. The molecule has 0 spiro atoms. The van der Waals surface area contributed by atoms with Crippen molar-refractivity contribution in [2.24, 2.45) is 0 Å². The van der Waals surface area contributed by atoms with Crippen LogP contribution in [0.15, 0.2) is 18.2 Å². The van der Waals surface area contributed by atoms with Gasteiger partial charge >= 0.3 is 5.97 Å². The molecule has 0 aliphatic heterocycles. The van der Waals surface area contributed by atoms with Gasteiger partial charge in [-0.15, -0.1) is 0 Å². The summed E-state index contributed by atoms with van der Waals surface area (Å²) < 4.78 is 33.3. The van der Waals surface area contributed by atoms with Crippen LogP contribution in [-0.4, -0.2) is 48.6 Å². The molecule has 0 aliphatic rings. The van der Waals surface area contributed by atoms with E-state index in [1.54, 1.807) is 40.6 Å². The number of benzene rings is 3. The van der Waals surface area contributed by atoms with E-state index in [2.05, 4.69) is 0 Å². The van der Waals surface area contributed by atoms with Gasteiger partial charge in [-0.05, 0) is 30.7 Å². The third-order valence-corrected chi connectivity index (χ3v) is 5.05. The van der Waals surface area contributed by atoms with Gasteiger partial charge in [0.05, 0.1) is 53.4 Å². The second-order valence-electron chi connectivity index (χ2n) is 6.28. The van der Waals surface area contributed by atoms with Crippen LogP contribution in [0.2, 0.25) is 0 Å². The molecule has 0 unspecified atom stereocenters. The van der Waals surface area contributed by atoms with E-state index in [4.69, 9.17) is 28.4 Å². The number of ether oxygens (including phenoxy) is 6. The zero-order valence-corrected chi connectivity index (χ0v) is 17.6. The third kappa shape index (κ3) is 2.93. The Bertz CT molecular complexity index is 1100. The van der Waals surface area contributed by atoms with Crippen LogP contribution in [-0.2, 0) is 4.74 Å². The Morgan fingerprint density at radius 3 is 1.66 bits per heavy atom. The summed E-state index contributed by atoms with van der Waals surface area (Å²) in [6.07, 6.45) is 0. The molecule has 0 aliphatic carbocycles. The summed E-state index contributed by atoms with van der Waals surface area (Å²) in [5, 5.41) is 2.80. The minimum atomic E-state index is -0.500. The van der Waals surface area contributed by atoms with Crippen LogP contribution in [0.1, 0.15) is 15.9 Å². The molecule has 0 heterocycles. The molecule has 154 valence electrons. The molecule has 7 heteroatoms. The molecule has 3 aromatic rings. The smallest absolute Gasteiger partial charge is 0.341 e. The summed E-state index contributed by atoms with van der Waals surface area (Å²) in [5.74, 6) is 2.17. The summed E-state index contributed by atoms with van der Waals surface area (Å²) in [5.41, 5.74) is 0.970. The number of hydrogen-bond acceptors (Lipinski definition) is 7. The lowest BCUT2D eigenvalue weighted by molar-refractivity contribution is 0.0596. The maximum Gasteiger partial charge on any atom is 0.341 e. The van der Waals surface area contributed by atoms with Crippen molar-refractivity contribution in [1.29, 1.82) is 0 Å². The van der Waals surface area contributed by atoms with Crippen LogP contribution in [0.3, 0.4) is 0 Å². The van der Waals surface area contributed by atoms with Gasteiger partial charge in [0, 0.05) is 10.8 Å². The lowest BCUT2D eigenvalue weighted by Gasteiger charge is -2.21. The van der Waals surface area contributed by atoms with Gasteiger partial charge in [0.15, 0.2) is 0 Å². The lowest BCUT2D eigenvalue weighted by atomic mass is 9.93. The number of carbonyl (C=O) groups is 1. The quantitative estimate of drug-likeness (QED) is 0.455. The topological polar surface area (TPSA) is 72.5 Å². The molecule has 0 atom stereocenters. The zero-order valence-electron chi connectivity index (χ0n) is 17.6. The molecule has 3 rings (SSSR count). The van der Waals surface area contributed by atoms with Gasteiger partial charge in [-0.1, -0.05) is 0 Å². The Kier molecular flexibility index (Phi) is 5.59. The highest BCUT2D eigenvalue weighted by molar-refractivity contribution is 6.18. The molecule has 3 aromatic carbocycles. The van der Waals surface area contributed by atoms with E-state index in [1.165, 1.54) is 14.2 Å². The molecular weight excluding hydrogens is 376 g/mol. The van der Waals surface area contributed by atoms with Crippen LogP contribution in [0.25, 0.3) is 21.5 Å². The Morgan fingerprint density at radius 1 is 0.690 bits per heavy atom. The average Bonchev–Trinajstić information content (AvgIpc) is 2.75. The van der Waals surface area contributed by atoms with Crippen molar-refractivity contribution in [1.82, 2.24) is 0 Å². The monoisotopic (exact) mass is 400 g/mol. The first kappa shape index (κ1) is 20.4. The number of aryl methyl sites for hydroxylation is 1. The van der Waals surface area contributed by atoms with E-state index in [9.17, 15) is 4.79 Å². The van der Waals surface area contributed by atoms with Gasteiger partial charge in [0.25, 0.3) is 0 Å². The van der Waals surface area contributed by atoms with E-state index in [0.29, 0.717) is 61.4 Å². The van der Waals surface area contributed by atoms with Crippen molar-refractivity contribution in [3.8, 4) is 28.7 Å². The normalized spacial score (nSPS) is 10.7. The minimum absolute atomic E-state index is 0.323. The summed E-state index contributed by atoms with van der Waals surface area (Å²) >= 11 is 0. The third-order valence-electron chi connectivity index (χ3n) is 5.05.